The van der Waals surface area contributed by atoms with Crippen molar-refractivity contribution < 1.29 is 10.0 Å². The molecule has 0 unspecified atom stereocenters. The summed E-state index contributed by atoms with van der Waals surface area (Å²) in [4.78, 5) is 15.8. The van der Waals surface area contributed by atoms with Crippen molar-refractivity contribution in [2.24, 2.45) is 0 Å². The molecule has 6 nitrogen and oxygen atoms in total. The Morgan fingerprint density at radius 3 is 2.61 bits per heavy atom. The second kappa shape index (κ2) is 6.90. The van der Waals surface area contributed by atoms with Crippen molar-refractivity contribution in [3.8, 4) is 0 Å². The molecule has 1 aromatic rings. The van der Waals surface area contributed by atoms with Gasteiger partial charge < -0.3 is 20.1 Å². The number of aliphatic hydroxyl groups excluding tert-OH is 1. The number of hydrogen-bond donors (Lipinski definition) is 1. The molecule has 0 saturated carbocycles. The summed E-state index contributed by atoms with van der Waals surface area (Å²) in [6, 6.07) is 3.22. The Labute approximate surface area is 106 Å². The summed E-state index contributed by atoms with van der Waals surface area (Å²) >= 11 is 0. The molecule has 1 aromatic heterocycles. The van der Waals surface area contributed by atoms with Crippen molar-refractivity contribution in [1.29, 1.82) is 0 Å². The summed E-state index contributed by atoms with van der Waals surface area (Å²) in [5, 5.41) is 19.9. The molecule has 0 atom stereocenters. The Morgan fingerprint density at radius 1 is 1.44 bits per heavy atom. The summed E-state index contributed by atoms with van der Waals surface area (Å²) < 4.78 is 0. The van der Waals surface area contributed by atoms with Gasteiger partial charge in [0, 0.05) is 24.8 Å². The minimum atomic E-state index is -0.498. The molecule has 2 heterocycles. The Morgan fingerprint density at radius 2 is 2.06 bits per heavy atom. The van der Waals surface area contributed by atoms with Gasteiger partial charge in [-0.25, -0.2) is 0 Å². The van der Waals surface area contributed by atoms with E-state index in [1.807, 2.05) is 18.7 Å². The first-order chi connectivity index (χ1) is 8.66. The molecular formula is C12H19N3O3. The van der Waals surface area contributed by atoms with Gasteiger partial charge in [-0.15, -0.1) is 0 Å². The smallest absolute Gasteiger partial charge is 0.365 e. The molecule has 1 N–H and O–H groups in total. The summed E-state index contributed by atoms with van der Waals surface area (Å²) in [6.45, 7) is 5.45. The van der Waals surface area contributed by atoms with Gasteiger partial charge in [0.2, 0.25) is 0 Å². The van der Waals surface area contributed by atoms with Crippen molar-refractivity contribution in [2.75, 3.05) is 18.0 Å². The second-order valence-electron chi connectivity index (χ2n) is 3.85. The summed E-state index contributed by atoms with van der Waals surface area (Å²) in [5.74, 6) is -0.136. The van der Waals surface area contributed by atoms with Crippen molar-refractivity contribution in [1.82, 2.24) is 4.98 Å². The lowest BCUT2D eigenvalue weighted by molar-refractivity contribution is -0.389. The molecular weight excluding hydrogens is 234 g/mol. The average Bonchev–Trinajstić information content (AvgIpc) is 2.42. The third-order valence-corrected chi connectivity index (χ3v) is 2.75. The van der Waals surface area contributed by atoms with Crippen LogP contribution in [0.25, 0.3) is 0 Å². The van der Waals surface area contributed by atoms with E-state index in [1.54, 1.807) is 6.07 Å². The van der Waals surface area contributed by atoms with Crippen LogP contribution in [0.2, 0.25) is 0 Å². The van der Waals surface area contributed by atoms with Crippen LogP contribution >= 0.6 is 0 Å². The molecule has 0 aliphatic carbocycles. The van der Waals surface area contributed by atoms with E-state index in [-0.39, 0.29) is 11.9 Å². The first-order valence-electron chi connectivity index (χ1n) is 6.20. The van der Waals surface area contributed by atoms with E-state index in [9.17, 15) is 15.2 Å². The fraction of sp³-hybridized carbons (Fsp3) is 0.583. The van der Waals surface area contributed by atoms with E-state index in [1.165, 1.54) is 12.3 Å². The first kappa shape index (κ1) is 14.4. The van der Waals surface area contributed by atoms with Gasteiger partial charge >= 0.3 is 5.82 Å². The molecule has 0 aromatic carbocycles. The number of nitro groups is 1. The largest absolute Gasteiger partial charge is 0.393 e. The molecule has 2 rings (SSSR count). The van der Waals surface area contributed by atoms with Crippen LogP contribution in [-0.2, 0) is 0 Å². The van der Waals surface area contributed by atoms with Crippen LogP contribution in [0, 0.1) is 10.1 Å². The molecule has 100 valence electrons. The van der Waals surface area contributed by atoms with Crippen LogP contribution < -0.4 is 4.90 Å². The van der Waals surface area contributed by atoms with Gasteiger partial charge in [-0.05, 0) is 22.7 Å². The number of hydrogen-bond acceptors (Lipinski definition) is 5. The van der Waals surface area contributed by atoms with E-state index in [0.29, 0.717) is 12.8 Å². The third-order valence-electron chi connectivity index (χ3n) is 2.75. The zero-order valence-corrected chi connectivity index (χ0v) is 10.7. The van der Waals surface area contributed by atoms with Crippen LogP contribution in [0.1, 0.15) is 26.7 Å². The topological polar surface area (TPSA) is 79.5 Å². The minimum Gasteiger partial charge on any atom is -0.393 e. The second-order valence-corrected chi connectivity index (χ2v) is 3.85. The SMILES string of the molecule is CC.O=[N+]([O-])c1cc(N2CCC(O)CC2)ccn1. The molecule has 0 radical (unpaired) electrons. The molecule has 0 bridgehead atoms. The number of piperidine rings is 1. The number of nitrogens with zero attached hydrogens (tertiary/aromatic N) is 3. The number of anilines is 1. The number of rotatable bonds is 2. The predicted molar refractivity (Wildman–Crippen MR) is 69.7 cm³/mol. The number of aromatic nitrogens is 1. The molecule has 1 fully saturated rings. The van der Waals surface area contributed by atoms with Gasteiger partial charge in [0.25, 0.3) is 0 Å². The maximum atomic E-state index is 10.6. The lowest BCUT2D eigenvalue weighted by Crippen LogP contribution is -2.35. The van der Waals surface area contributed by atoms with Gasteiger partial charge in [-0.1, -0.05) is 13.8 Å². The Bertz CT molecular complexity index is 390. The monoisotopic (exact) mass is 253 g/mol. The Kier molecular flexibility index (Phi) is 5.51. The highest BCUT2D eigenvalue weighted by molar-refractivity contribution is 5.50. The number of pyridine rings is 1. The lowest BCUT2D eigenvalue weighted by atomic mass is 10.1. The molecule has 18 heavy (non-hydrogen) atoms. The maximum Gasteiger partial charge on any atom is 0.365 e. The quantitative estimate of drug-likeness (QED) is 0.644. The fourth-order valence-corrected chi connectivity index (χ4v) is 1.83. The molecule has 6 heteroatoms. The lowest BCUT2D eigenvalue weighted by Gasteiger charge is -2.30. The zero-order chi connectivity index (χ0) is 13.5. The summed E-state index contributed by atoms with van der Waals surface area (Å²) in [6.07, 6.45) is 2.61. The van der Waals surface area contributed by atoms with E-state index in [4.69, 9.17) is 0 Å². The van der Waals surface area contributed by atoms with Gasteiger partial charge in [0.15, 0.2) is 0 Å². The maximum absolute atomic E-state index is 10.6. The van der Waals surface area contributed by atoms with Crippen LogP contribution in [0.4, 0.5) is 11.5 Å². The van der Waals surface area contributed by atoms with Crippen LogP contribution in [0.5, 0.6) is 0 Å². The molecule has 1 saturated heterocycles. The van der Waals surface area contributed by atoms with Gasteiger partial charge in [-0.3, -0.25) is 0 Å². The molecule has 1 aliphatic rings. The standard InChI is InChI=1S/C10H13N3O3.C2H6/c14-9-2-5-12(6-3-9)8-1-4-11-10(7-8)13(15)16;1-2/h1,4,7,9,14H,2-3,5-6H2;1-2H3. The van der Waals surface area contributed by atoms with Crippen LogP contribution in [0.15, 0.2) is 18.3 Å². The van der Waals surface area contributed by atoms with E-state index < -0.39 is 4.92 Å². The van der Waals surface area contributed by atoms with Crippen molar-refractivity contribution in [2.45, 2.75) is 32.8 Å². The Balaban J connectivity index is 0.000000771. The molecule has 0 amide bonds. The van der Waals surface area contributed by atoms with E-state index in [0.717, 1.165) is 18.8 Å². The highest BCUT2D eigenvalue weighted by Gasteiger charge is 2.19. The zero-order valence-electron chi connectivity index (χ0n) is 10.7. The van der Waals surface area contributed by atoms with Gasteiger partial charge in [0.1, 0.15) is 6.20 Å². The summed E-state index contributed by atoms with van der Waals surface area (Å²) in [7, 11) is 0. The van der Waals surface area contributed by atoms with Crippen LogP contribution in [0.3, 0.4) is 0 Å². The highest BCUT2D eigenvalue weighted by Crippen LogP contribution is 2.22. The molecule has 1 aliphatic heterocycles. The van der Waals surface area contributed by atoms with Crippen LogP contribution in [-0.4, -0.2) is 34.2 Å². The minimum absolute atomic E-state index is 0.136. The average molecular weight is 253 g/mol. The van der Waals surface area contributed by atoms with Gasteiger partial charge in [0.05, 0.1) is 12.2 Å². The van der Waals surface area contributed by atoms with Crippen molar-refractivity contribution in [3.05, 3.63) is 28.4 Å². The Hall–Kier alpha value is -1.69. The summed E-state index contributed by atoms with van der Waals surface area (Å²) in [5.41, 5.74) is 0.800. The van der Waals surface area contributed by atoms with Crippen molar-refractivity contribution in [3.63, 3.8) is 0 Å². The highest BCUT2D eigenvalue weighted by atomic mass is 16.6. The van der Waals surface area contributed by atoms with E-state index >= 15 is 0 Å². The third kappa shape index (κ3) is 3.66. The normalized spacial score (nSPS) is 15.8. The first-order valence-corrected chi connectivity index (χ1v) is 6.20. The predicted octanol–water partition coefficient (Wildman–Crippen LogP) is 1.98. The van der Waals surface area contributed by atoms with E-state index in [2.05, 4.69) is 4.98 Å². The number of aliphatic hydroxyl groups is 1. The van der Waals surface area contributed by atoms with Gasteiger partial charge in [-0.2, -0.15) is 0 Å². The molecule has 0 spiro atoms. The fourth-order valence-electron chi connectivity index (χ4n) is 1.83. The van der Waals surface area contributed by atoms with Crippen molar-refractivity contribution >= 4 is 11.5 Å².